The van der Waals surface area contributed by atoms with E-state index in [-0.39, 0.29) is 5.92 Å². The van der Waals surface area contributed by atoms with E-state index in [0.717, 1.165) is 18.6 Å². The number of nitrogens with zero attached hydrogens (tertiary/aromatic N) is 1. The van der Waals surface area contributed by atoms with Gasteiger partial charge in [-0.3, -0.25) is 0 Å². The quantitative estimate of drug-likeness (QED) is 0.762. The van der Waals surface area contributed by atoms with Gasteiger partial charge in [-0.1, -0.05) is 19.3 Å². The highest BCUT2D eigenvalue weighted by Gasteiger charge is 2.24. The third-order valence-electron chi connectivity index (χ3n) is 3.47. The van der Waals surface area contributed by atoms with E-state index in [0.29, 0.717) is 5.25 Å². The van der Waals surface area contributed by atoms with Crippen LogP contribution in [0.4, 0.5) is 0 Å². The summed E-state index contributed by atoms with van der Waals surface area (Å²) in [5.41, 5.74) is 0. The summed E-state index contributed by atoms with van der Waals surface area (Å²) in [5, 5.41) is 9.71. The molecule has 0 N–H and O–H groups in total. The largest absolute Gasteiger partial charge is 0.497 e. The van der Waals surface area contributed by atoms with Crippen LogP contribution in [0.1, 0.15) is 32.1 Å². The van der Waals surface area contributed by atoms with Gasteiger partial charge in [-0.2, -0.15) is 5.26 Å². The van der Waals surface area contributed by atoms with Crippen LogP contribution in [0, 0.1) is 17.2 Å². The molecule has 1 fully saturated rings. The standard InChI is InChI=1S/C15H19NOS/c1-17-13-7-9-14(10-8-13)18-15-6-4-2-3-5-12(15)11-16/h7-10,12,15H,2-6H2,1H3. The van der Waals surface area contributed by atoms with Crippen molar-refractivity contribution >= 4 is 11.8 Å². The van der Waals surface area contributed by atoms with Crippen molar-refractivity contribution in [1.82, 2.24) is 0 Å². The Morgan fingerprint density at radius 2 is 1.89 bits per heavy atom. The highest BCUT2D eigenvalue weighted by Crippen LogP contribution is 2.36. The van der Waals surface area contributed by atoms with Gasteiger partial charge in [0.15, 0.2) is 0 Å². The summed E-state index contributed by atoms with van der Waals surface area (Å²) in [7, 11) is 1.68. The topological polar surface area (TPSA) is 33.0 Å². The highest BCUT2D eigenvalue weighted by atomic mass is 32.2. The highest BCUT2D eigenvalue weighted by molar-refractivity contribution is 8.00. The molecule has 2 nitrogen and oxygen atoms in total. The fraction of sp³-hybridized carbons (Fsp3) is 0.533. The maximum atomic E-state index is 9.26. The predicted molar refractivity (Wildman–Crippen MR) is 74.8 cm³/mol. The molecule has 96 valence electrons. The van der Waals surface area contributed by atoms with Crippen LogP contribution in [-0.4, -0.2) is 12.4 Å². The average Bonchev–Trinajstić information content (AvgIpc) is 2.64. The summed E-state index contributed by atoms with van der Waals surface area (Å²) in [5.74, 6) is 1.09. The van der Waals surface area contributed by atoms with Crippen molar-refractivity contribution in [1.29, 1.82) is 5.26 Å². The normalized spacial score (nSPS) is 24.0. The molecule has 0 saturated heterocycles. The predicted octanol–water partition coefficient (Wildman–Crippen LogP) is 4.26. The number of hydrogen-bond acceptors (Lipinski definition) is 3. The second kappa shape index (κ2) is 6.70. The Morgan fingerprint density at radius 3 is 2.56 bits per heavy atom. The molecule has 1 saturated carbocycles. The van der Waals surface area contributed by atoms with Gasteiger partial charge < -0.3 is 4.74 Å². The van der Waals surface area contributed by atoms with Crippen LogP contribution in [0.2, 0.25) is 0 Å². The molecule has 2 rings (SSSR count). The first-order valence-corrected chi connectivity index (χ1v) is 7.42. The number of nitriles is 1. The molecular formula is C15H19NOS. The summed E-state index contributed by atoms with van der Waals surface area (Å²) in [6.07, 6.45) is 5.96. The van der Waals surface area contributed by atoms with E-state index in [2.05, 4.69) is 18.2 Å². The average molecular weight is 261 g/mol. The van der Waals surface area contributed by atoms with Crippen molar-refractivity contribution in [3.05, 3.63) is 24.3 Å². The second-order valence-corrected chi connectivity index (χ2v) is 6.02. The Hall–Kier alpha value is -1.14. The minimum absolute atomic E-state index is 0.208. The van der Waals surface area contributed by atoms with Crippen molar-refractivity contribution in [2.24, 2.45) is 5.92 Å². The van der Waals surface area contributed by atoms with Crippen molar-refractivity contribution in [3.63, 3.8) is 0 Å². The molecule has 0 spiro atoms. The van der Waals surface area contributed by atoms with Crippen LogP contribution in [0.15, 0.2) is 29.2 Å². The molecular weight excluding hydrogens is 242 g/mol. The Bertz CT molecular complexity index is 409. The summed E-state index contributed by atoms with van der Waals surface area (Å²) in [6, 6.07) is 10.6. The number of thioether (sulfide) groups is 1. The van der Waals surface area contributed by atoms with Gasteiger partial charge >= 0.3 is 0 Å². The first kappa shape index (κ1) is 13.3. The molecule has 1 aromatic rings. The van der Waals surface area contributed by atoms with E-state index in [1.807, 2.05) is 23.9 Å². The molecule has 0 amide bonds. The summed E-state index contributed by atoms with van der Waals surface area (Å²) in [4.78, 5) is 1.24. The molecule has 0 bridgehead atoms. The Balaban J connectivity index is 2.03. The van der Waals surface area contributed by atoms with Gasteiger partial charge in [0.25, 0.3) is 0 Å². The first-order chi connectivity index (χ1) is 8.83. The minimum Gasteiger partial charge on any atom is -0.497 e. The van der Waals surface area contributed by atoms with Gasteiger partial charge in [0.1, 0.15) is 5.75 Å². The van der Waals surface area contributed by atoms with Crippen LogP contribution in [0.25, 0.3) is 0 Å². The smallest absolute Gasteiger partial charge is 0.118 e. The monoisotopic (exact) mass is 261 g/mol. The maximum Gasteiger partial charge on any atom is 0.118 e. The Morgan fingerprint density at radius 1 is 1.17 bits per heavy atom. The zero-order chi connectivity index (χ0) is 12.8. The molecule has 1 aliphatic rings. The molecule has 18 heavy (non-hydrogen) atoms. The number of ether oxygens (including phenoxy) is 1. The number of rotatable bonds is 3. The third kappa shape index (κ3) is 3.43. The molecule has 1 aliphatic carbocycles. The van der Waals surface area contributed by atoms with E-state index >= 15 is 0 Å². The van der Waals surface area contributed by atoms with Gasteiger partial charge in [-0.05, 0) is 37.1 Å². The van der Waals surface area contributed by atoms with Crippen LogP contribution in [0.3, 0.4) is 0 Å². The van der Waals surface area contributed by atoms with E-state index in [4.69, 9.17) is 4.74 Å². The van der Waals surface area contributed by atoms with Gasteiger partial charge in [0.05, 0.1) is 19.1 Å². The molecule has 2 unspecified atom stereocenters. The van der Waals surface area contributed by atoms with Crippen LogP contribution < -0.4 is 4.74 Å². The summed E-state index contributed by atoms with van der Waals surface area (Å²) >= 11 is 1.85. The van der Waals surface area contributed by atoms with Crippen molar-refractivity contribution in [2.75, 3.05) is 7.11 Å². The van der Waals surface area contributed by atoms with E-state index in [1.54, 1.807) is 7.11 Å². The zero-order valence-corrected chi connectivity index (χ0v) is 11.6. The van der Waals surface area contributed by atoms with Gasteiger partial charge in [0, 0.05) is 10.1 Å². The maximum absolute atomic E-state index is 9.26. The number of methoxy groups -OCH3 is 1. The lowest BCUT2D eigenvalue weighted by atomic mass is 10.0. The molecule has 0 radical (unpaired) electrons. The lowest BCUT2D eigenvalue weighted by Gasteiger charge is -2.18. The molecule has 0 heterocycles. The van der Waals surface area contributed by atoms with E-state index in [1.165, 1.54) is 24.2 Å². The van der Waals surface area contributed by atoms with Gasteiger partial charge in [-0.25, -0.2) is 0 Å². The van der Waals surface area contributed by atoms with Crippen molar-refractivity contribution < 1.29 is 4.74 Å². The van der Waals surface area contributed by atoms with E-state index in [9.17, 15) is 5.26 Å². The lowest BCUT2D eigenvalue weighted by molar-refractivity contribution is 0.414. The van der Waals surface area contributed by atoms with Crippen molar-refractivity contribution in [3.8, 4) is 11.8 Å². The molecule has 3 heteroatoms. The van der Waals surface area contributed by atoms with Crippen LogP contribution in [0.5, 0.6) is 5.75 Å². The van der Waals surface area contributed by atoms with Crippen molar-refractivity contribution in [2.45, 2.75) is 42.2 Å². The third-order valence-corrected chi connectivity index (χ3v) is 4.88. The lowest BCUT2D eigenvalue weighted by Crippen LogP contribution is -2.13. The SMILES string of the molecule is COc1ccc(SC2CCCCCC2C#N)cc1. The first-order valence-electron chi connectivity index (χ1n) is 6.54. The van der Waals surface area contributed by atoms with Gasteiger partial charge in [0.2, 0.25) is 0 Å². The zero-order valence-electron chi connectivity index (χ0n) is 10.8. The Kier molecular flexibility index (Phi) is 4.95. The summed E-state index contributed by atoms with van der Waals surface area (Å²) < 4.78 is 5.16. The minimum atomic E-state index is 0.208. The van der Waals surface area contributed by atoms with Gasteiger partial charge in [-0.15, -0.1) is 11.8 Å². The fourth-order valence-electron chi connectivity index (χ4n) is 2.39. The number of benzene rings is 1. The second-order valence-electron chi connectivity index (χ2n) is 4.71. The fourth-order valence-corrected chi connectivity index (χ4v) is 3.68. The molecule has 2 atom stereocenters. The summed E-state index contributed by atoms with van der Waals surface area (Å²) in [6.45, 7) is 0. The van der Waals surface area contributed by atoms with Crippen LogP contribution >= 0.6 is 11.8 Å². The molecule has 1 aromatic carbocycles. The molecule has 0 aliphatic heterocycles. The Labute approximate surface area is 113 Å². The molecule has 0 aromatic heterocycles. The van der Waals surface area contributed by atoms with E-state index < -0.39 is 0 Å². The number of hydrogen-bond donors (Lipinski definition) is 0. The van der Waals surface area contributed by atoms with Crippen LogP contribution in [-0.2, 0) is 0 Å².